The highest BCUT2D eigenvalue weighted by Gasteiger charge is 2.17. The van der Waals surface area contributed by atoms with Crippen LogP contribution in [-0.4, -0.2) is 18.0 Å². The van der Waals surface area contributed by atoms with E-state index in [0.717, 1.165) is 16.6 Å². The maximum Gasteiger partial charge on any atom is 0.264 e. The normalized spacial score (nSPS) is 11.7. The molecule has 0 spiro atoms. The van der Waals surface area contributed by atoms with Crippen molar-refractivity contribution in [1.29, 1.82) is 0 Å². The van der Waals surface area contributed by atoms with Crippen molar-refractivity contribution in [3.8, 4) is 0 Å². The van der Waals surface area contributed by atoms with Gasteiger partial charge in [0.1, 0.15) is 0 Å². The monoisotopic (exact) mass is 301 g/mol. The zero-order chi connectivity index (χ0) is 15.0. The number of anilines is 1. The Bertz CT molecular complexity index is 896. The number of rotatable bonds is 3. The van der Waals surface area contributed by atoms with Crippen LogP contribution >= 0.6 is 0 Å². The molecule has 0 atom stereocenters. The number of nitrogens with one attached hydrogen (secondary N) is 1. The van der Waals surface area contributed by atoms with E-state index in [0.29, 0.717) is 5.95 Å². The number of aromatic nitrogens is 2. The Kier molecular flexibility index (Phi) is 3.17. The molecular weight excluding hydrogens is 286 g/mol. The largest absolute Gasteiger partial charge is 0.313 e. The van der Waals surface area contributed by atoms with Crippen LogP contribution < -0.4 is 4.72 Å². The minimum Gasteiger partial charge on any atom is -0.313 e. The van der Waals surface area contributed by atoms with Crippen molar-refractivity contribution in [1.82, 2.24) is 9.55 Å². The molecule has 0 bridgehead atoms. The van der Waals surface area contributed by atoms with Crippen LogP contribution in [0.3, 0.4) is 0 Å². The lowest BCUT2D eigenvalue weighted by Gasteiger charge is -2.08. The lowest BCUT2D eigenvalue weighted by atomic mass is 10.2. The van der Waals surface area contributed by atoms with E-state index >= 15 is 0 Å². The predicted molar refractivity (Wildman–Crippen MR) is 82.7 cm³/mol. The molecule has 5 nitrogen and oxygen atoms in total. The van der Waals surface area contributed by atoms with E-state index in [2.05, 4.69) is 9.71 Å². The number of aryl methyl sites for hydroxylation is 2. The van der Waals surface area contributed by atoms with Gasteiger partial charge in [-0.1, -0.05) is 29.8 Å². The van der Waals surface area contributed by atoms with E-state index in [1.54, 1.807) is 35.9 Å². The number of nitrogens with zero attached hydrogens (tertiary/aromatic N) is 2. The van der Waals surface area contributed by atoms with Gasteiger partial charge in [-0.25, -0.2) is 18.1 Å². The summed E-state index contributed by atoms with van der Waals surface area (Å²) in [6.07, 6.45) is 0. The van der Waals surface area contributed by atoms with E-state index in [-0.39, 0.29) is 4.90 Å². The molecule has 0 saturated heterocycles. The van der Waals surface area contributed by atoms with E-state index in [1.807, 2.05) is 31.2 Å². The molecule has 0 aliphatic carbocycles. The molecular formula is C15H15N3O2S. The number of fused-ring (bicyclic) bond motifs is 1. The topological polar surface area (TPSA) is 64.0 Å². The van der Waals surface area contributed by atoms with Gasteiger partial charge >= 0.3 is 0 Å². The minimum absolute atomic E-state index is 0.222. The van der Waals surface area contributed by atoms with Crippen LogP contribution in [0.5, 0.6) is 0 Å². The summed E-state index contributed by atoms with van der Waals surface area (Å²) in [5, 5.41) is 0. The van der Waals surface area contributed by atoms with Crippen molar-refractivity contribution >= 4 is 27.0 Å². The van der Waals surface area contributed by atoms with Gasteiger partial charge in [-0.2, -0.15) is 0 Å². The van der Waals surface area contributed by atoms with Gasteiger partial charge in [0.05, 0.1) is 15.9 Å². The second-order valence-corrected chi connectivity index (χ2v) is 6.58. The molecule has 0 saturated carbocycles. The Morgan fingerprint density at radius 3 is 2.38 bits per heavy atom. The third-order valence-electron chi connectivity index (χ3n) is 3.34. The SMILES string of the molecule is Cc1ccc(S(=O)(=O)Nc2nc3ccccc3n2C)cc1. The van der Waals surface area contributed by atoms with E-state index in [1.165, 1.54) is 0 Å². The molecule has 1 N–H and O–H groups in total. The number of sulfonamides is 1. The average Bonchev–Trinajstić information content (AvgIpc) is 2.76. The van der Waals surface area contributed by atoms with Crippen molar-refractivity contribution in [2.24, 2.45) is 7.05 Å². The quantitative estimate of drug-likeness (QED) is 0.809. The number of hydrogen-bond acceptors (Lipinski definition) is 3. The maximum atomic E-state index is 12.4. The van der Waals surface area contributed by atoms with Crippen molar-refractivity contribution in [2.75, 3.05) is 4.72 Å². The molecule has 0 aliphatic heterocycles. The third-order valence-corrected chi connectivity index (χ3v) is 4.69. The molecule has 0 unspecified atom stereocenters. The van der Waals surface area contributed by atoms with Gasteiger partial charge in [-0.05, 0) is 31.2 Å². The third kappa shape index (κ3) is 2.50. The Hall–Kier alpha value is -2.34. The number of para-hydroxylation sites is 2. The second-order valence-electron chi connectivity index (χ2n) is 4.90. The Morgan fingerprint density at radius 1 is 1.05 bits per heavy atom. The van der Waals surface area contributed by atoms with Gasteiger partial charge < -0.3 is 4.57 Å². The second kappa shape index (κ2) is 4.89. The van der Waals surface area contributed by atoms with Gasteiger partial charge in [-0.15, -0.1) is 0 Å². The first-order valence-corrected chi connectivity index (χ1v) is 7.97. The lowest BCUT2D eigenvalue weighted by molar-refractivity contribution is 0.600. The summed E-state index contributed by atoms with van der Waals surface area (Å²) in [5.74, 6) is 0.303. The van der Waals surface area contributed by atoms with E-state index in [9.17, 15) is 8.42 Å². The molecule has 1 heterocycles. The van der Waals surface area contributed by atoms with Crippen molar-refractivity contribution in [2.45, 2.75) is 11.8 Å². The Morgan fingerprint density at radius 2 is 1.71 bits per heavy atom. The molecule has 0 aliphatic rings. The summed E-state index contributed by atoms with van der Waals surface area (Å²) in [5.41, 5.74) is 2.64. The predicted octanol–water partition coefficient (Wildman–Crippen LogP) is 2.68. The molecule has 6 heteroatoms. The molecule has 3 rings (SSSR count). The highest BCUT2D eigenvalue weighted by atomic mass is 32.2. The van der Waals surface area contributed by atoms with Crippen molar-refractivity contribution in [3.63, 3.8) is 0 Å². The molecule has 108 valence electrons. The molecule has 0 amide bonds. The van der Waals surface area contributed by atoms with Crippen LogP contribution in [0.25, 0.3) is 11.0 Å². The van der Waals surface area contributed by atoms with Crippen LogP contribution in [0.4, 0.5) is 5.95 Å². The summed E-state index contributed by atoms with van der Waals surface area (Å²) in [4.78, 5) is 4.54. The number of imidazole rings is 1. The van der Waals surface area contributed by atoms with Crippen molar-refractivity contribution in [3.05, 3.63) is 54.1 Å². The average molecular weight is 301 g/mol. The summed E-state index contributed by atoms with van der Waals surface area (Å²) < 4.78 is 29.0. The fraction of sp³-hybridized carbons (Fsp3) is 0.133. The first-order chi connectivity index (χ1) is 9.97. The van der Waals surface area contributed by atoms with Crippen LogP contribution in [0.15, 0.2) is 53.4 Å². The van der Waals surface area contributed by atoms with Crippen LogP contribution in [-0.2, 0) is 17.1 Å². The summed E-state index contributed by atoms with van der Waals surface area (Å²) >= 11 is 0. The molecule has 2 aromatic carbocycles. The highest BCUT2D eigenvalue weighted by molar-refractivity contribution is 7.92. The van der Waals surface area contributed by atoms with E-state index in [4.69, 9.17) is 0 Å². The Balaban J connectivity index is 2.01. The van der Waals surface area contributed by atoms with Gasteiger partial charge in [0.15, 0.2) is 0 Å². The summed E-state index contributed by atoms with van der Waals surface area (Å²) in [6.45, 7) is 1.91. The van der Waals surface area contributed by atoms with Crippen molar-refractivity contribution < 1.29 is 8.42 Å². The van der Waals surface area contributed by atoms with Crippen LogP contribution in [0.1, 0.15) is 5.56 Å². The molecule has 21 heavy (non-hydrogen) atoms. The first-order valence-electron chi connectivity index (χ1n) is 6.48. The van der Waals surface area contributed by atoms with Gasteiger partial charge in [0.2, 0.25) is 5.95 Å². The van der Waals surface area contributed by atoms with Crippen LogP contribution in [0.2, 0.25) is 0 Å². The minimum atomic E-state index is -3.63. The molecule has 3 aromatic rings. The zero-order valence-electron chi connectivity index (χ0n) is 11.7. The molecule has 1 aromatic heterocycles. The fourth-order valence-electron chi connectivity index (χ4n) is 2.13. The maximum absolute atomic E-state index is 12.4. The smallest absolute Gasteiger partial charge is 0.264 e. The Labute approximate surface area is 123 Å². The zero-order valence-corrected chi connectivity index (χ0v) is 12.6. The molecule has 0 fully saturated rings. The van der Waals surface area contributed by atoms with Gasteiger partial charge in [0, 0.05) is 7.05 Å². The number of hydrogen-bond donors (Lipinski definition) is 1. The van der Waals surface area contributed by atoms with E-state index < -0.39 is 10.0 Å². The fourth-order valence-corrected chi connectivity index (χ4v) is 3.17. The highest BCUT2D eigenvalue weighted by Crippen LogP contribution is 2.20. The molecule has 0 radical (unpaired) electrons. The standard InChI is InChI=1S/C15H15N3O2S/c1-11-7-9-12(10-8-11)21(19,20)17-15-16-13-5-3-4-6-14(13)18(15)2/h3-10H,1-2H3,(H,16,17). The summed E-state index contributed by atoms with van der Waals surface area (Å²) in [7, 11) is -1.85. The van der Waals surface area contributed by atoms with Gasteiger partial charge in [-0.3, -0.25) is 0 Å². The number of benzene rings is 2. The lowest BCUT2D eigenvalue weighted by Crippen LogP contribution is -2.15. The summed E-state index contributed by atoms with van der Waals surface area (Å²) in [6, 6.07) is 14.2. The van der Waals surface area contributed by atoms with Crippen LogP contribution in [0, 0.1) is 6.92 Å². The van der Waals surface area contributed by atoms with Gasteiger partial charge in [0.25, 0.3) is 10.0 Å². The first kappa shape index (κ1) is 13.6.